The van der Waals surface area contributed by atoms with E-state index < -0.39 is 0 Å². The van der Waals surface area contributed by atoms with Gasteiger partial charge in [-0.25, -0.2) is 0 Å². The molecule has 2 fully saturated rings. The Kier molecular flexibility index (Phi) is 4.76. The zero-order chi connectivity index (χ0) is 13.0. The lowest BCUT2D eigenvalue weighted by Crippen LogP contribution is -2.44. The third-order valence-corrected chi connectivity index (χ3v) is 4.12. The van der Waals surface area contributed by atoms with Gasteiger partial charge in [0.1, 0.15) is 6.10 Å². The lowest BCUT2D eigenvalue weighted by atomic mass is 9.81. The van der Waals surface area contributed by atoms with E-state index in [0.29, 0.717) is 13.2 Å². The predicted molar refractivity (Wildman–Crippen MR) is 67.6 cm³/mol. The summed E-state index contributed by atoms with van der Waals surface area (Å²) in [5.74, 6) is 0.339. The fourth-order valence-corrected chi connectivity index (χ4v) is 3.04. The van der Waals surface area contributed by atoms with Crippen molar-refractivity contribution in [3.05, 3.63) is 0 Å². The van der Waals surface area contributed by atoms with E-state index in [1.807, 2.05) is 0 Å². The summed E-state index contributed by atoms with van der Waals surface area (Å²) >= 11 is 0. The van der Waals surface area contributed by atoms with E-state index in [4.69, 9.17) is 14.2 Å². The average Bonchev–Trinajstić information content (AvgIpc) is 2.83. The number of ether oxygens (including phenoxy) is 3. The van der Waals surface area contributed by atoms with Gasteiger partial charge >= 0.3 is 0 Å². The molecular formula is C14H24O4. The molecule has 4 nitrogen and oxygen atoms in total. The summed E-state index contributed by atoms with van der Waals surface area (Å²) in [6.45, 7) is 4.14. The highest BCUT2D eigenvalue weighted by Crippen LogP contribution is 2.36. The van der Waals surface area contributed by atoms with Gasteiger partial charge in [-0.05, 0) is 19.3 Å². The molecule has 2 aliphatic heterocycles. The number of rotatable bonds is 5. The normalized spacial score (nSPS) is 33.8. The molecule has 0 N–H and O–H groups in total. The first-order valence-electron chi connectivity index (χ1n) is 6.99. The maximum absolute atomic E-state index is 12.4. The van der Waals surface area contributed by atoms with Crippen molar-refractivity contribution < 1.29 is 19.0 Å². The van der Waals surface area contributed by atoms with E-state index >= 15 is 0 Å². The van der Waals surface area contributed by atoms with Crippen LogP contribution in [0.2, 0.25) is 0 Å². The molecule has 2 saturated heterocycles. The largest absolute Gasteiger partial charge is 0.378 e. The summed E-state index contributed by atoms with van der Waals surface area (Å²) in [5, 5.41) is 0. The van der Waals surface area contributed by atoms with Crippen LogP contribution in [0.1, 0.15) is 39.0 Å². The van der Waals surface area contributed by atoms with E-state index in [-0.39, 0.29) is 23.4 Å². The highest BCUT2D eigenvalue weighted by Gasteiger charge is 2.43. The minimum Gasteiger partial charge on any atom is -0.378 e. The van der Waals surface area contributed by atoms with Gasteiger partial charge in [-0.2, -0.15) is 0 Å². The molecule has 1 spiro atoms. The zero-order valence-electron chi connectivity index (χ0n) is 11.4. The zero-order valence-corrected chi connectivity index (χ0v) is 11.4. The molecule has 2 rings (SSSR count). The Balaban J connectivity index is 1.97. The first-order chi connectivity index (χ1) is 8.71. The maximum Gasteiger partial charge on any atom is 0.164 e. The van der Waals surface area contributed by atoms with Gasteiger partial charge in [0.25, 0.3) is 0 Å². The van der Waals surface area contributed by atoms with Crippen LogP contribution < -0.4 is 0 Å². The Morgan fingerprint density at radius 1 is 1.50 bits per heavy atom. The first-order valence-corrected chi connectivity index (χ1v) is 6.99. The molecule has 3 atom stereocenters. The minimum atomic E-state index is -0.238. The summed E-state index contributed by atoms with van der Waals surface area (Å²) in [5.41, 5.74) is -0.191. The third-order valence-electron chi connectivity index (χ3n) is 4.12. The Hall–Kier alpha value is -0.450. The number of ketones is 1. The lowest BCUT2D eigenvalue weighted by molar-refractivity contribution is -0.146. The van der Waals surface area contributed by atoms with Crippen molar-refractivity contribution >= 4 is 5.78 Å². The Labute approximate surface area is 109 Å². The fraction of sp³-hybridized carbons (Fsp3) is 0.929. The topological polar surface area (TPSA) is 44.8 Å². The lowest BCUT2D eigenvalue weighted by Gasteiger charge is -2.37. The van der Waals surface area contributed by atoms with Crippen molar-refractivity contribution in [3.63, 3.8) is 0 Å². The first kappa shape index (κ1) is 14.0. The van der Waals surface area contributed by atoms with E-state index in [0.717, 1.165) is 38.7 Å². The number of Topliss-reactive ketones (excluding diaryl/α,β-unsaturated/α-hetero) is 1. The second-order valence-electron chi connectivity index (χ2n) is 5.44. The summed E-state index contributed by atoms with van der Waals surface area (Å²) in [4.78, 5) is 12.4. The molecule has 0 aliphatic carbocycles. The number of hydrogen-bond donors (Lipinski definition) is 0. The van der Waals surface area contributed by atoms with Gasteiger partial charge in [-0.3, -0.25) is 4.79 Å². The average molecular weight is 256 g/mol. The molecule has 2 aliphatic rings. The van der Waals surface area contributed by atoms with Gasteiger partial charge in [0.05, 0.1) is 12.2 Å². The van der Waals surface area contributed by atoms with Crippen LogP contribution >= 0.6 is 0 Å². The van der Waals surface area contributed by atoms with Crippen molar-refractivity contribution in [2.75, 3.05) is 26.9 Å². The number of methoxy groups -OCH3 is 1. The van der Waals surface area contributed by atoms with Crippen LogP contribution in [-0.4, -0.2) is 44.4 Å². The molecule has 0 aromatic rings. The Morgan fingerprint density at radius 3 is 2.94 bits per heavy atom. The number of carbonyl (C=O) groups is 1. The molecule has 0 amide bonds. The molecule has 4 heteroatoms. The van der Waals surface area contributed by atoms with Crippen LogP contribution in [0.25, 0.3) is 0 Å². The second kappa shape index (κ2) is 6.13. The quantitative estimate of drug-likeness (QED) is 0.754. The van der Waals surface area contributed by atoms with Crippen LogP contribution in [0.5, 0.6) is 0 Å². The van der Waals surface area contributed by atoms with E-state index in [2.05, 4.69) is 6.92 Å². The van der Waals surface area contributed by atoms with Gasteiger partial charge in [0.15, 0.2) is 5.78 Å². The van der Waals surface area contributed by atoms with Crippen molar-refractivity contribution in [1.29, 1.82) is 0 Å². The molecule has 0 bridgehead atoms. The molecule has 0 radical (unpaired) electrons. The van der Waals surface area contributed by atoms with Gasteiger partial charge in [0.2, 0.25) is 0 Å². The van der Waals surface area contributed by atoms with Crippen LogP contribution in [0.3, 0.4) is 0 Å². The predicted octanol–water partition coefficient (Wildman–Crippen LogP) is 1.96. The summed E-state index contributed by atoms with van der Waals surface area (Å²) in [6.07, 6.45) is 4.09. The van der Waals surface area contributed by atoms with Crippen LogP contribution in [0, 0.1) is 5.92 Å². The second-order valence-corrected chi connectivity index (χ2v) is 5.44. The SMILES string of the molecule is CCCC(OC)C(=O)C1CCOC2(CCOC2)C1. The van der Waals surface area contributed by atoms with Gasteiger partial charge < -0.3 is 14.2 Å². The summed E-state index contributed by atoms with van der Waals surface area (Å²) < 4.78 is 16.6. The standard InChI is InChI=1S/C14H24O4/c1-3-4-12(16-2)13(15)11-5-7-18-14(9-11)6-8-17-10-14/h11-12H,3-10H2,1-2H3. The van der Waals surface area contributed by atoms with Crippen LogP contribution in [0.15, 0.2) is 0 Å². The van der Waals surface area contributed by atoms with Crippen molar-refractivity contribution in [2.45, 2.75) is 50.7 Å². The molecule has 3 unspecified atom stereocenters. The van der Waals surface area contributed by atoms with Crippen molar-refractivity contribution in [3.8, 4) is 0 Å². The molecular weight excluding hydrogens is 232 g/mol. The van der Waals surface area contributed by atoms with E-state index in [1.165, 1.54) is 0 Å². The smallest absolute Gasteiger partial charge is 0.164 e. The molecule has 18 heavy (non-hydrogen) atoms. The number of carbonyl (C=O) groups excluding carboxylic acids is 1. The molecule has 2 heterocycles. The number of hydrogen-bond acceptors (Lipinski definition) is 4. The highest BCUT2D eigenvalue weighted by atomic mass is 16.6. The Bertz CT molecular complexity index is 284. The molecule has 0 aromatic carbocycles. The fourth-order valence-electron chi connectivity index (χ4n) is 3.04. The van der Waals surface area contributed by atoms with Crippen molar-refractivity contribution in [1.82, 2.24) is 0 Å². The van der Waals surface area contributed by atoms with Gasteiger partial charge in [-0.1, -0.05) is 13.3 Å². The summed E-state index contributed by atoms with van der Waals surface area (Å²) in [7, 11) is 1.63. The maximum atomic E-state index is 12.4. The highest BCUT2D eigenvalue weighted by molar-refractivity contribution is 5.85. The van der Waals surface area contributed by atoms with Gasteiger partial charge in [0, 0.05) is 32.7 Å². The van der Waals surface area contributed by atoms with E-state index in [1.54, 1.807) is 7.11 Å². The monoisotopic (exact) mass is 256 g/mol. The Morgan fingerprint density at radius 2 is 2.33 bits per heavy atom. The molecule has 0 saturated carbocycles. The van der Waals surface area contributed by atoms with Crippen LogP contribution in [0.4, 0.5) is 0 Å². The van der Waals surface area contributed by atoms with E-state index in [9.17, 15) is 4.79 Å². The summed E-state index contributed by atoms with van der Waals surface area (Å²) in [6, 6.07) is 0. The third kappa shape index (κ3) is 2.92. The van der Waals surface area contributed by atoms with Gasteiger partial charge in [-0.15, -0.1) is 0 Å². The molecule has 0 aromatic heterocycles. The van der Waals surface area contributed by atoms with Crippen molar-refractivity contribution in [2.24, 2.45) is 5.92 Å². The van der Waals surface area contributed by atoms with Crippen LogP contribution in [-0.2, 0) is 19.0 Å². The minimum absolute atomic E-state index is 0.0805. The molecule has 104 valence electrons.